The summed E-state index contributed by atoms with van der Waals surface area (Å²) in [6, 6.07) is 0.0466. The number of anilines is 1. The minimum absolute atomic E-state index is 0.0120. The van der Waals surface area contributed by atoms with Gasteiger partial charge in [-0.15, -0.1) is 0 Å². The summed E-state index contributed by atoms with van der Waals surface area (Å²) in [5, 5.41) is 8.92. The van der Waals surface area contributed by atoms with Crippen LogP contribution in [0.4, 0.5) is 5.82 Å². The zero-order valence-corrected chi connectivity index (χ0v) is 10.9. The Balaban J connectivity index is 2.70. The highest BCUT2D eigenvalue weighted by Gasteiger charge is 2.20. The molecule has 1 aromatic rings. The molecule has 0 spiro atoms. The van der Waals surface area contributed by atoms with Gasteiger partial charge in [0.2, 0.25) is 5.91 Å². The minimum Gasteiger partial charge on any atom is -0.383 e. The number of H-pyrrole nitrogens is 1. The molecular formula is C11H19N5O2. The molecule has 0 bridgehead atoms. The third kappa shape index (κ3) is 3.47. The molecule has 0 saturated carbocycles. The van der Waals surface area contributed by atoms with E-state index in [9.17, 15) is 9.59 Å². The molecule has 0 atom stereocenters. The number of nitrogens with two attached hydrogens (primary N) is 1. The lowest BCUT2D eigenvalue weighted by Crippen LogP contribution is -2.42. The van der Waals surface area contributed by atoms with E-state index in [-0.39, 0.29) is 35.8 Å². The van der Waals surface area contributed by atoms with Gasteiger partial charge in [-0.05, 0) is 20.8 Å². The molecule has 1 aromatic heterocycles. The second-order valence-electron chi connectivity index (χ2n) is 4.24. The molecule has 1 heterocycles. The molecule has 4 N–H and O–H groups in total. The van der Waals surface area contributed by atoms with Crippen LogP contribution in [0.1, 0.15) is 31.1 Å². The number of carbonyl (C=O) groups is 2. The van der Waals surface area contributed by atoms with Crippen LogP contribution in [-0.2, 0) is 4.79 Å². The number of nitrogens with zero attached hydrogens (tertiary/aromatic N) is 2. The van der Waals surface area contributed by atoms with Crippen molar-refractivity contribution in [1.82, 2.24) is 20.4 Å². The third-order valence-corrected chi connectivity index (χ3v) is 2.35. The van der Waals surface area contributed by atoms with E-state index in [0.717, 1.165) is 0 Å². The van der Waals surface area contributed by atoms with Crippen molar-refractivity contribution in [3.8, 4) is 0 Å². The van der Waals surface area contributed by atoms with Gasteiger partial charge in [0, 0.05) is 12.6 Å². The Kier molecular flexibility index (Phi) is 4.70. The van der Waals surface area contributed by atoms with Gasteiger partial charge in [0.05, 0.1) is 12.7 Å². The molecule has 0 radical (unpaired) electrons. The maximum atomic E-state index is 12.1. The van der Waals surface area contributed by atoms with E-state index in [0.29, 0.717) is 6.54 Å². The number of hydrogen-bond donors (Lipinski definition) is 3. The van der Waals surface area contributed by atoms with Crippen molar-refractivity contribution in [1.29, 1.82) is 0 Å². The van der Waals surface area contributed by atoms with Crippen LogP contribution in [0.5, 0.6) is 0 Å². The number of likely N-dealkylation sites (N-methyl/N-ethyl adjacent to an activating group) is 1. The molecule has 0 aliphatic heterocycles. The molecule has 2 amide bonds. The maximum Gasteiger partial charge on any atom is 0.259 e. The predicted molar refractivity (Wildman–Crippen MR) is 67.9 cm³/mol. The number of nitrogen functional groups attached to an aromatic ring is 1. The van der Waals surface area contributed by atoms with Crippen LogP contribution in [0.2, 0.25) is 0 Å². The average molecular weight is 253 g/mol. The molecule has 7 nitrogen and oxygen atoms in total. The Morgan fingerprint density at radius 2 is 2.22 bits per heavy atom. The largest absolute Gasteiger partial charge is 0.383 e. The SMILES string of the molecule is CCN(CC(=O)NC(C)C)C(=O)c1cn[nH]c1N. The quantitative estimate of drug-likeness (QED) is 0.685. The average Bonchev–Trinajstić information content (AvgIpc) is 2.70. The van der Waals surface area contributed by atoms with Gasteiger partial charge in [0.1, 0.15) is 11.4 Å². The molecule has 1 rings (SSSR count). The molecule has 18 heavy (non-hydrogen) atoms. The first-order chi connectivity index (χ1) is 8.45. The molecule has 0 aliphatic rings. The van der Waals surface area contributed by atoms with E-state index in [2.05, 4.69) is 15.5 Å². The van der Waals surface area contributed by atoms with Crippen molar-refractivity contribution < 1.29 is 9.59 Å². The van der Waals surface area contributed by atoms with Gasteiger partial charge in [-0.25, -0.2) is 0 Å². The zero-order chi connectivity index (χ0) is 13.7. The summed E-state index contributed by atoms with van der Waals surface area (Å²) < 4.78 is 0. The van der Waals surface area contributed by atoms with Crippen LogP contribution >= 0.6 is 0 Å². The Labute approximate surface area is 106 Å². The topological polar surface area (TPSA) is 104 Å². The number of nitrogens with one attached hydrogen (secondary N) is 2. The lowest BCUT2D eigenvalue weighted by molar-refractivity contribution is -0.122. The van der Waals surface area contributed by atoms with E-state index in [1.807, 2.05) is 13.8 Å². The van der Waals surface area contributed by atoms with Crippen LogP contribution in [0, 0.1) is 0 Å². The number of rotatable bonds is 5. The van der Waals surface area contributed by atoms with Crippen LogP contribution in [0.15, 0.2) is 6.20 Å². The summed E-state index contributed by atoms with van der Waals surface area (Å²) in [6.07, 6.45) is 1.36. The highest BCUT2D eigenvalue weighted by atomic mass is 16.2. The van der Waals surface area contributed by atoms with E-state index >= 15 is 0 Å². The second-order valence-corrected chi connectivity index (χ2v) is 4.24. The van der Waals surface area contributed by atoms with Gasteiger partial charge in [-0.2, -0.15) is 5.10 Å². The van der Waals surface area contributed by atoms with Gasteiger partial charge in [-0.3, -0.25) is 14.7 Å². The Morgan fingerprint density at radius 1 is 1.56 bits per heavy atom. The summed E-state index contributed by atoms with van der Waals surface area (Å²) in [7, 11) is 0. The second kappa shape index (κ2) is 6.04. The highest BCUT2D eigenvalue weighted by molar-refractivity contribution is 5.99. The first-order valence-electron chi connectivity index (χ1n) is 5.83. The molecule has 7 heteroatoms. The number of aromatic nitrogens is 2. The van der Waals surface area contributed by atoms with E-state index in [1.165, 1.54) is 11.1 Å². The van der Waals surface area contributed by atoms with Crippen molar-refractivity contribution in [2.75, 3.05) is 18.8 Å². The Bertz CT molecular complexity index is 427. The van der Waals surface area contributed by atoms with E-state index < -0.39 is 0 Å². The number of aromatic amines is 1. The fraction of sp³-hybridized carbons (Fsp3) is 0.545. The monoisotopic (exact) mass is 253 g/mol. The predicted octanol–water partition coefficient (Wildman–Crippen LogP) is -0.0214. The van der Waals surface area contributed by atoms with Crippen molar-refractivity contribution in [2.24, 2.45) is 0 Å². The van der Waals surface area contributed by atoms with Gasteiger partial charge < -0.3 is 16.0 Å². The van der Waals surface area contributed by atoms with Crippen molar-refractivity contribution in [3.63, 3.8) is 0 Å². The third-order valence-electron chi connectivity index (χ3n) is 2.35. The van der Waals surface area contributed by atoms with Crippen molar-refractivity contribution in [3.05, 3.63) is 11.8 Å². The molecule has 0 fully saturated rings. The van der Waals surface area contributed by atoms with Crippen LogP contribution in [0.3, 0.4) is 0 Å². The summed E-state index contributed by atoms with van der Waals surface area (Å²) in [5.41, 5.74) is 5.87. The summed E-state index contributed by atoms with van der Waals surface area (Å²) in [6.45, 7) is 5.97. The lowest BCUT2D eigenvalue weighted by Gasteiger charge is -2.20. The van der Waals surface area contributed by atoms with Crippen LogP contribution in [0.25, 0.3) is 0 Å². The minimum atomic E-state index is -0.303. The number of carbonyl (C=O) groups excluding carboxylic acids is 2. The summed E-state index contributed by atoms with van der Waals surface area (Å²) >= 11 is 0. The normalized spacial score (nSPS) is 10.4. The van der Waals surface area contributed by atoms with Crippen molar-refractivity contribution in [2.45, 2.75) is 26.8 Å². The summed E-state index contributed by atoms with van der Waals surface area (Å²) in [4.78, 5) is 25.1. The lowest BCUT2D eigenvalue weighted by atomic mass is 10.2. The molecule has 0 aromatic carbocycles. The standard InChI is InChI=1S/C11H19N5O2/c1-4-16(6-9(17)14-7(2)3)11(18)8-5-13-15-10(8)12/h5,7H,4,6H2,1-3H3,(H,14,17)(H3,12,13,15). The highest BCUT2D eigenvalue weighted by Crippen LogP contribution is 2.09. The van der Waals surface area contributed by atoms with E-state index in [1.54, 1.807) is 6.92 Å². The number of hydrogen-bond acceptors (Lipinski definition) is 4. The molecule has 0 aliphatic carbocycles. The first-order valence-corrected chi connectivity index (χ1v) is 5.83. The molecular weight excluding hydrogens is 234 g/mol. The van der Waals surface area contributed by atoms with Gasteiger partial charge in [-0.1, -0.05) is 0 Å². The Hall–Kier alpha value is -2.05. The first kappa shape index (κ1) is 14.0. The van der Waals surface area contributed by atoms with Gasteiger partial charge >= 0.3 is 0 Å². The van der Waals surface area contributed by atoms with Crippen molar-refractivity contribution >= 4 is 17.6 Å². The van der Waals surface area contributed by atoms with Gasteiger partial charge in [0.25, 0.3) is 5.91 Å². The smallest absolute Gasteiger partial charge is 0.259 e. The van der Waals surface area contributed by atoms with Gasteiger partial charge in [0.15, 0.2) is 0 Å². The zero-order valence-electron chi connectivity index (χ0n) is 10.9. The maximum absolute atomic E-state index is 12.1. The summed E-state index contributed by atoms with van der Waals surface area (Å²) in [5.74, 6) is -0.285. The molecule has 0 saturated heterocycles. The number of amides is 2. The van der Waals surface area contributed by atoms with E-state index in [4.69, 9.17) is 5.73 Å². The van der Waals surface area contributed by atoms with Crippen LogP contribution in [-0.4, -0.2) is 46.0 Å². The molecule has 0 unspecified atom stereocenters. The molecule has 100 valence electrons. The fourth-order valence-corrected chi connectivity index (χ4v) is 1.51. The fourth-order valence-electron chi connectivity index (χ4n) is 1.51. The Morgan fingerprint density at radius 3 is 2.67 bits per heavy atom. The van der Waals surface area contributed by atoms with Crippen LogP contribution < -0.4 is 11.1 Å².